The van der Waals surface area contributed by atoms with Crippen molar-refractivity contribution in [2.24, 2.45) is 11.3 Å². The van der Waals surface area contributed by atoms with E-state index in [0.29, 0.717) is 35.7 Å². The van der Waals surface area contributed by atoms with Gasteiger partial charge in [-0.2, -0.15) is 13.2 Å². The van der Waals surface area contributed by atoms with Crippen LogP contribution in [-0.2, 0) is 36.6 Å². The van der Waals surface area contributed by atoms with Crippen molar-refractivity contribution in [1.29, 1.82) is 0 Å². The molecule has 2 aromatic rings. The highest BCUT2D eigenvalue weighted by molar-refractivity contribution is 9.10. The number of aromatic nitrogens is 1. The average Bonchev–Trinajstić information content (AvgIpc) is 3.58. The van der Waals surface area contributed by atoms with Crippen LogP contribution in [0.5, 0.6) is 5.88 Å². The molecule has 42 heavy (non-hydrogen) atoms. The van der Waals surface area contributed by atoms with E-state index in [9.17, 15) is 22.8 Å². The number of carbonyl (C=O) groups excluding carboxylic acids is 2. The fourth-order valence-corrected chi connectivity index (χ4v) is 6.43. The van der Waals surface area contributed by atoms with Crippen LogP contribution in [0.15, 0.2) is 41.0 Å². The van der Waals surface area contributed by atoms with Crippen LogP contribution in [0.25, 0.3) is 0 Å². The summed E-state index contributed by atoms with van der Waals surface area (Å²) in [6.45, 7) is 7.72. The lowest BCUT2D eigenvalue weighted by atomic mass is 9.73. The smallest absolute Gasteiger partial charge is 0.417 e. The minimum Gasteiger partial charge on any atom is -0.481 e. The molecular formula is C30H36BrF3N2O6. The maximum atomic E-state index is 14.2. The van der Waals surface area contributed by atoms with Gasteiger partial charge in [-0.25, -0.2) is 9.78 Å². The van der Waals surface area contributed by atoms with Gasteiger partial charge in [0.2, 0.25) is 5.88 Å². The van der Waals surface area contributed by atoms with Crippen molar-refractivity contribution in [3.05, 3.63) is 57.7 Å². The van der Waals surface area contributed by atoms with E-state index in [-0.39, 0.29) is 30.6 Å². The van der Waals surface area contributed by atoms with E-state index in [1.807, 2.05) is 45.0 Å². The van der Waals surface area contributed by atoms with E-state index >= 15 is 0 Å². The number of likely N-dealkylation sites (tertiary alicyclic amines) is 1. The van der Waals surface area contributed by atoms with Crippen molar-refractivity contribution in [2.75, 3.05) is 20.3 Å². The number of alkyl halides is 3. The van der Waals surface area contributed by atoms with Gasteiger partial charge in [0.25, 0.3) is 5.91 Å². The number of pyridine rings is 1. The highest BCUT2D eigenvalue weighted by Crippen LogP contribution is 2.51. The molecule has 2 fully saturated rings. The van der Waals surface area contributed by atoms with Crippen LogP contribution in [-0.4, -0.2) is 60.3 Å². The van der Waals surface area contributed by atoms with E-state index in [0.717, 1.165) is 6.07 Å². The monoisotopic (exact) mass is 656 g/mol. The third-order valence-electron chi connectivity index (χ3n) is 7.69. The summed E-state index contributed by atoms with van der Waals surface area (Å²) >= 11 is 3.61. The third kappa shape index (κ3) is 6.60. The number of halogens is 4. The number of nitrogens with zero attached hydrogens (tertiary/aromatic N) is 2. The van der Waals surface area contributed by atoms with Gasteiger partial charge in [-0.1, -0.05) is 54.9 Å². The van der Waals surface area contributed by atoms with E-state index < -0.39 is 53.3 Å². The quantitative estimate of drug-likeness (QED) is 0.317. The van der Waals surface area contributed by atoms with E-state index in [1.165, 1.54) is 12.0 Å². The number of carbonyl (C=O) groups is 2. The van der Waals surface area contributed by atoms with Crippen LogP contribution in [0.2, 0.25) is 0 Å². The van der Waals surface area contributed by atoms with Gasteiger partial charge in [-0.15, -0.1) is 0 Å². The summed E-state index contributed by atoms with van der Waals surface area (Å²) in [6, 6.07) is 6.42. The van der Waals surface area contributed by atoms with Crippen molar-refractivity contribution < 1.29 is 41.7 Å². The number of benzene rings is 1. The average molecular weight is 658 g/mol. The first-order valence-electron chi connectivity index (χ1n) is 13.9. The maximum absolute atomic E-state index is 14.2. The fraction of sp³-hybridized carbons (Fsp3) is 0.567. The molecule has 4 rings (SSSR count). The summed E-state index contributed by atoms with van der Waals surface area (Å²) in [5.74, 6) is -1.56. The number of methoxy groups -OCH3 is 1. The first-order valence-corrected chi connectivity index (χ1v) is 14.6. The molecule has 0 aliphatic carbocycles. The molecule has 3 heterocycles. The fourth-order valence-electron chi connectivity index (χ4n) is 5.91. The standard InChI is InChI=1S/C30H36BrF3N2O6/c1-6-40-28(38)24-22(29(2,3)4)25(42-16-17-14-18(30(32,33)34)15-35-26(17)39-5)23(19-10-7-8-11-20(19)31)36(24)27(37)21-12-9-13-41-21/h7-8,10-11,14-15,21-25H,6,9,12-13,16H2,1-5H3/t21-,22+,23-,24-,25-/m0/s1. The molecular weight excluding hydrogens is 621 g/mol. The second-order valence-electron chi connectivity index (χ2n) is 11.5. The largest absolute Gasteiger partial charge is 0.481 e. The number of rotatable bonds is 8. The van der Waals surface area contributed by atoms with E-state index in [4.69, 9.17) is 18.9 Å². The zero-order valence-electron chi connectivity index (χ0n) is 24.2. The topological polar surface area (TPSA) is 87.2 Å². The molecule has 2 aliphatic heterocycles. The van der Waals surface area contributed by atoms with Crippen LogP contribution in [0.4, 0.5) is 13.2 Å². The number of amides is 1. The second kappa shape index (κ2) is 12.9. The summed E-state index contributed by atoms with van der Waals surface area (Å²) in [5.41, 5.74) is -0.780. The zero-order chi connectivity index (χ0) is 30.8. The first-order chi connectivity index (χ1) is 19.8. The number of ether oxygens (including phenoxy) is 4. The predicted molar refractivity (Wildman–Crippen MR) is 150 cm³/mol. The van der Waals surface area contributed by atoms with E-state index in [2.05, 4.69) is 20.9 Å². The summed E-state index contributed by atoms with van der Waals surface area (Å²) in [7, 11) is 1.31. The Kier molecular flexibility index (Phi) is 9.89. The Hall–Kier alpha value is -2.70. The summed E-state index contributed by atoms with van der Waals surface area (Å²) in [4.78, 5) is 33.2. The Bertz CT molecular complexity index is 1280. The van der Waals surface area contributed by atoms with Crippen molar-refractivity contribution in [3.63, 3.8) is 0 Å². The first kappa shape index (κ1) is 32.2. The van der Waals surface area contributed by atoms with Gasteiger partial charge in [0, 0.05) is 28.8 Å². The van der Waals surface area contributed by atoms with E-state index in [1.54, 1.807) is 6.92 Å². The number of hydrogen-bond donors (Lipinski definition) is 0. The summed E-state index contributed by atoms with van der Waals surface area (Å²) in [5, 5.41) is 0. The van der Waals surface area contributed by atoms with Crippen molar-refractivity contribution in [1.82, 2.24) is 9.88 Å². The Morgan fingerprint density at radius 1 is 1.19 bits per heavy atom. The van der Waals surface area contributed by atoms with Crippen LogP contribution in [0.1, 0.15) is 63.3 Å². The molecule has 12 heteroatoms. The minimum absolute atomic E-state index is 0.0139. The van der Waals surface area contributed by atoms with Crippen LogP contribution < -0.4 is 4.74 Å². The molecule has 0 unspecified atom stereocenters. The third-order valence-corrected chi connectivity index (χ3v) is 8.42. The molecule has 1 aromatic carbocycles. The minimum atomic E-state index is -4.62. The highest BCUT2D eigenvalue weighted by Gasteiger charge is 2.60. The van der Waals surface area contributed by atoms with Gasteiger partial charge in [0.1, 0.15) is 12.1 Å². The van der Waals surface area contributed by atoms with Crippen LogP contribution in [0, 0.1) is 11.3 Å². The molecule has 0 bridgehead atoms. The number of hydrogen-bond acceptors (Lipinski definition) is 7. The molecule has 2 aliphatic rings. The molecule has 8 nitrogen and oxygen atoms in total. The lowest BCUT2D eigenvalue weighted by Gasteiger charge is -2.35. The van der Waals surface area contributed by atoms with Gasteiger partial charge in [-0.05, 0) is 42.9 Å². The molecule has 2 saturated heterocycles. The second-order valence-corrected chi connectivity index (χ2v) is 12.3. The van der Waals surface area contributed by atoms with Crippen molar-refractivity contribution >= 4 is 27.8 Å². The molecule has 0 radical (unpaired) electrons. The van der Waals surface area contributed by atoms with Gasteiger partial charge in [-0.3, -0.25) is 4.79 Å². The molecule has 0 saturated carbocycles. The molecule has 230 valence electrons. The number of esters is 1. The Labute approximate surface area is 252 Å². The van der Waals surface area contributed by atoms with Gasteiger partial charge in [0.15, 0.2) is 0 Å². The van der Waals surface area contributed by atoms with Crippen LogP contribution >= 0.6 is 15.9 Å². The Morgan fingerprint density at radius 2 is 1.90 bits per heavy atom. The van der Waals surface area contributed by atoms with Crippen molar-refractivity contribution in [3.8, 4) is 5.88 Å². The summed E-state index contributed by atoms with van der Waals surface area (Å²) < 4.78 is 64.4. The molecule has 1 aromatic heterocycles. The molecule has 1 amide bonds. The van der Waals surface area contributed by atoms with Gasteiger partial charge < -0.3 is 23.8 Å². The molecule has 0 N–H and O–H groups in total. The zero-order valence-corrected chi connectivity index (χ0v) is 25.8. The Balaban J connectivity index is 1.87. The maximum Gasteiger partial charge on any atom is 0.417 e. The Morgan fingerprint density at radius 3 is 2.48 bits per heavy atom. The summed E-state index contributed by atoms with van der Waals surface area (Å²) in [6.07, 6.45) is -4.27. The van der Waals surface area contributed by atoms with Crippen molar-refractivity contribution in [2.45, 2.75) is 77.6 Å². The highest BCUT2D eigenvalue weighted by atomic mass is 79.9. The van der Waals surface area contributed by atoms with Gasteiger partial charge in [0.05, 0.1) is 38.0 Å². The van der Waals surface area contributed by atoms with Crippen LogP contribution in [0.3, 0.4) is 0 Å². The molecule has 5 atom stereocenters. The lowest BCUT2D eigenvalue weighted by molar-refractivity contribution is -0.160. The van der Waals surface area contributed by atoms with Gasteiger partial charge >= 0.3 is 12.1 Å². The predicted octanol–water partition coefficient (Wildman–Crippen LogP) is 6.11. The molecule has 0 spiro atoms. The lowest BCUT2D eigenvalue weighted by Crippen LogP contribution is -2.50. The SMILES string of the molecule is CCOC(=O)[C@@H]1[C@@H](C(C)(C)C)[C@H](OCc2cc(C(F)(F)F)cnc2OC)[C@H](c2ccccc2Br)N1C(=O)[C@@H]1CCCO1. The normalized spacial score (nSPS) is 24.6.